The van der Waals surface area contributed by atoms with Crippen molar-refractivity contribution in [3.05, 3.63) is 35.9 Å². The summed E-state index contributed by atoms with van der Waals surface area (Å²) in [6.45, 7) is 1.94. The van der Waals surface area contributed by atoms with Crippen molar-refractivity contribution in [3.8, 4) is 0 Å². The molecule has 1 amide bonds. The fourth-order valence-corrected chi connectivity index (χ4v) is 0.940. The molecule has 0 fully saturated rings. The van der Waals surface area contributed by atoms with Crippen LogP contribution in [0.1, 0.15) is 17.3 Å². The van der Waals surface area contributed by atoms with Gasteiger partial charge in [0.15, 0.2) is 0 Å². The van der Waals surface area contributed by atoms with E-state index in [0.717, 1.165) is 0 Å². The molecule has 0 aromatic heterocycles. The number of hydrogen-bond donors (Lipinski definition) is 1. The zero-order valence-electron chi connectivity index (χ0n) is 8.74. The van der Waals surface area contributed by atoms with Crippen LogP contribution in [-0.2, 0) is 0 Å². The van der Waals surface area contributed by atoms with Gasteiger partial charge in [-0.2, -0.15) is 0 Å². The Balaban J connectivity index is 2.60. The van der Waals surface area contributed by atoms with E-state index in [1.54, 1.807) is 24.3 Å². The maximum absolute atomic E-state index is 11.6. The summed E-state index contributed by atoms with van der Waals surface area (Å²) in [5, 5.41) is 2.87. The summed E-state index contributed by atoms with van der Waals surface area (Å²) in [6.07, 6.45) is 0.0340. The van der Waals surface area contributed by atoms with Gasteiger partial charge in [-0.3, -0.25) is 9.69 Å². The summed E-state index contributed by atoms with van der Waals surface area (Å²) < 4.78 is 0. The van der Waals surface area contributed by atoms with Crippen LogP contribution in [0.25, 0.3) is 0 Å². The molecule has 3 heteroatoms. The van der Waals surface area contributed by atoms with Gasteiger partial charge in [0.2, 0.25) is 0 Å². The Labute approximate surface area is 84.7 Å². The number of rotatable bonds is 3. The molecule has 0 heterocycles. The zero-order chi connectivity index (χ0) is 10.6. The van der Waals surface area contributed by atoms with Crippen LogP contribution < -0.4 is 5.32 Å². The molecule has 1 aromatic carbocycles. The van der Waals surface area contributed by atoms with Crippen molar-refractivity contribution < 1.29 is 4.79 Å². The first-order valence-electron chi connectivity index (χ1n) is 4.54. The number of hydrogen-bond acceptors (Lipinski definition) is 2. The molecule has 0 saturated heterocycles. The van der Waals surface area contributed by atoms with E-state index in [4.69, 9.17) is 0 Å². The van der Waals surface area contributed by atoms with E-state index in [0.29, 0.717) is 5.56 Å². The molecule has 0 saturated carbocycles. The lowest BCUT2D eigenvalue weighted by Gasteiger charge is -2.20. The number of nitrogens with one attached hydrogen (secondary N) is 1. The lowest BCUT2D eigenvalue weighted by atomic mass is 10.2. The second kappa shape index (κ2) is 4.77. The predicted octanol–water partition coefficient (Wildman–Crippen LogP) is 1.12. The fraction of sp³-hybridized carbons (Fsp3) is 0.364. The molecule has 3 nitrogen and oxygen atoms in total. The molecule has 0 aliphatic rings. The standard InChI is InChI=1S/C11H15N2O/c1-9(13(2)3)12-11(14)10-7-5-4-6-8-10/h5-9H,1-3H3,(H,12,14). The monoisotopic (exact) mass is 191 g/mol. The summed E-state index contributed by atoms with van der Waals surface area (Å²) >= 11 is 0. The molecule has 14 heavy (non-hydrogen) atoms. The Morgan fingerprint density at radius 2 is 2.00 bits per heavy atom. The van der Waals surface area contributed by atoms with Crippen molar-refractivity contribution in [1.82, 2.24) is 10.2 Å². The van der Waals surface area contributed by atoms with Crippen LogP contribution in [0.15, 0.2) is 24.3 Å². The van der Waals surface area contributed by atoms with Gasteiger partial charge in [0.25, 0.3) is 5.91 Å². The van der Waals surface area contributed by atoms with Crippen molar-refractivity contribution >= 4 is 5.91 Å². The Bertz CT molecular complexity index is 295. The molecule has 0 spiro atoms. The van der Waals surface area contributed by atoms with Gasteiger partial charge in [0.1, 0.15) is 0 Å². The highest BCUT2D eigenvalue weighted by Crippen LogP contribution is 1.98. The molecule has 0 aliphatic carbocycles. The first-order chi connectivity index (χ1) is 6.61. The maximum atomic E-state index is 11.6. The third kappa shape index (κ3) is 2.85. The van der Waals surface area contributed by atoms with Crippen LogP contribution in [-0.4, -0.2) is 31.1 Å². The molecule has 1 aromatic rings. The molecule has 1 N–H and O–H groups in total. The van der Waals surface area contributed by atoms with E-state index in [9.17, 15) is 4.79 Å². The van der Waals surface area contributed by atoms with Gasteiger partial charge >= 0.3 is 0 Å². The van der Waals surface area contributed by atoms with E-state index < -0.39 is 0 Å². The highest BCUT2D eigenvalue weighted by molar-refractivity contribution is 5.94. The van der Waals surface area contributed by atoms with Crippen LogP contribution >= 0.6 is 0 Å². The average Bonchev–Trinajstić information content (AvgIpc) is 2.19. The Morgan fingerprint density at radius 1 is 1.43 bits per heavy atom. The van der Waals surface area contributed by atoms with Gasteiger partial charge in [-0.25, -0.2) is 0 Å². The van der Waals surface area contributed by atoms with Crippen LogP contribution in [0.3, 0.4) is 0 Å². The van der Waals surface area contributed by atoms with Crippen molar-refractivity contribution in [2.45, 2.75) is 13.1 Å². The van der Waals surface area contributed by atoms with Gasteiger partial charge < -0.3 is 5.32 Å². The molecule has 1 rings (SSSR count). The number of nitrogens with zero attached hydrogens (tertiary/aromatic N) is 1. The topological polar surface area (TPSA) is 32.3 Å². The first-order valence-corrected chi connectivity index (χ1v) is 4.54. The maximum Gasteiger partial charge on any atom is 0.252 e. The number of carbonyl (C=O) groups is 1. The second-order valence-electron chi connectivity index (χ2n) is 3.40. The van der Waals surface area contributed by atoms with E-state index in [1.807, 2.05) is 25.9 Å². The van der Waals surface area contributed by atoms with Crippen LogP contribution in [0.2, 0.25) is 0 Å². The number of amides is 1. The summed E-state index contributed by atoms with van der Waals surface area (Å²) in [6, 6.07) is 9.83. The SMILES string of the molecule is CC(NC(=O)c1cc[c]cc1)N(C)C. The molecule has 0 aliphatic heterocycles. The average molecular weight is 191 g/mol. The minimum atomic E-state index is -0.0554. The fourth-order valence-electron chi connectivity index (χ4n) is 0.940. The van der Waals surface area contributed by atoms with Crippen molar-refractivity contribution in [2.75, 3.05) is 14.1 Å². The minimum absolute atomic E-state index is 0.0340. The van der Waals surface area contributed by atoms with E-state index in [1.165, 1.54) is 0 Å². The van der Waals surface area contributed by atoms with Gasteiger partial charge in [-0.1, -0.05) is 12.1 Å². The number of carbonyl (C=O) groups excluding carboxylic acids is 1. The van der Waals surface area contributed by atoms with Gasteiger partial charge in [0.05, 0.1) is 6.17 Å². The number of benzene rings is 1. The largest absolute Gasteiger partial charge is 0.337 e. The predicted molar refractivity (Wildman–Crippen MR) is 55.9 cm³/mol. The molecule has 1 radical (unpaired) electrons. The first kappa shape index (κ1) is 10.7. The smallest absolute Gasteiger partial charge is 0.252 e. The lowest BCUT2D eigenvalue weighted by Crippen LogP contribution is -2.42. The van der Waals surface area contributed by atoms with Gasteiger partial charge in [-0.05, 0) is 39.2 Å². The van der Waals surface area contributed by atoms with Gasteiger partial charge in [0, 0.05) is 5.56 Å². The lowest BCUT2D eigenvalue weighted by molar-refractivity contribution is 0.0900. The zero-order valence-corrected chi connectivity index (χ0v) is 8.74. The second-order valence-corrected chi connectivity index (χ2v) is 3.40. The molecule has 0 bridgehead atoms. The van der Waals surface area contributed by atoms with Gasteiger partial charge in [-0.15, -0.1) is 0 Å². The summed E-state index contributed by atoms with van der Waals surface area (Å²) in [5.41, 5.74) is 0.664. The van der Waals surface area contributed by atoms with Crippen LogP contribution in [0.5, 0.6) is 0 Å². The molecule has 75 valence electrons. The summed E-state index contributed by atoms with van der Waals surface area (Å²) in [4.78, 5) is 13.5. The van der Waals surface area contributed by atoms with Crippen LogP contribution in [0, 0.1) is 6.07 Å². The van der Waals surface area contributed by atoms with E-state index >= 15 is 0 Å². The highest BCUT2D eigenvalue weighted by atomic mass is 16.1. The Morgan fingerprint density at radius 3 is 2.50 bits per heavy atom. The van der Waals surface area contributed by atoms with Crippen molar-refractivity contribution in [1.29, 1.82) is 0 Å². The minimum Gasteiger partial charge on any atom is -0.337 e. The highest BCUT2D eigenvalue weighted by Gasteiger charge is 2.09. The third-order valence-electron chi connectivity index (χ3n) is 2.10. The van der Waals surface area contributed by atoms with E-state index in [2.05, 4.69) is 11.4 Å². The van der Waals surface area contributed by atoms with Crippen LogP contribution in [0.4, 0.5) is 0 Å². The Kier molecular flexibility index (Phi) is 3.65. The van der Waals surface area contributed by atoms with Crippen molar-refractivity contribution in [2.24, 2.45) is 0 Å². The normalized spacial score (nSPS) is 12.6. The third-order valence-corrected chi connectivity index (χ3v) is 2.10. The van der Waals surface area contributed by atoms with E-state index in [-0.39, 0.29) is 12.1 Å². The molecule has 1 unspecified atom stereocenters. The molecular weight excluding hydrogens is 176 g/mol. The molecular formula is C11H15N2O. The summed E-state index contributed by atoms with van der Waals surface area (Å²) in [7, 11) is 3.84. The molecule has 1 atom stereocenters. The quantitative estimate of drug-likeness (QED) is 0.726. The Hall–Kier alpha value is -1.35. The summed E-state index contributed by atoms with van der Waals surface area (Å²) in [5.74, 6) is -0.0554. The van der Waals surface area contributed by atoms with Crippen molar-refractivity contribution in [3.63, 3.8) is 0 Å².